The largest absolute Gasteiger partial charge is 0.497 e. The average Bonchev–Trinajstić information content (AvgIpc) is 2.73. The van der Waals surface area contributed by atoms with Crippen LogP contribution in [0.15, 0.2) is 42.2 Å². The molecule has 0 spiro atoms. The third-order valence-corrected chi connectivity index (χ3v) is 5.61. The molecule has 3 atom stereocenters. The van der Waals surface area contributed by atoms with Crippen LogP contribution in [0.25, 0.3) is 5.57 Å². The fourth-order valence-corrected chi connectivity index (χ4v) is 4.11. The van der Waals surface area contributed by atoms with Crippen LogP contribution in [-0.4, -0.2) is 38.4 Å². The second kappa shape index (κ2) is 9.27. The molecule has 0 aromatic heterocycles. The molecule has 6 nitrogen and oxygen atoms in total. The molecule has 1 aliphatic carbocycles. The highest BCUT2D eigenvalue weighted by atomic mass is 16.5. The molecule has 1 N–H and O–H groups in total. The number of fused-ring (bicyclic) bond motifs is 1. The molecule has 0 aliphatic heterocycles. The number of hydrogen-bond acceptors (Lipinski definition) is 6. The topological polar surface area (TPSA) is 82.1 Å². The number of benzene rings is 1. The van der Waals surface area contributed by atoms with Gasteiger partial charge in [0.2, 0.25) is 0 Å². The Kier molecular flexibility index (Phi) is 7.25. The maximum Gasteiger partial charge on any atom is 0.314 e. The normalized spacial score (nSPS) is 24.9. The number of aliphatic hydroxyl groups is 1. The Labute approximate surface area is 172 Å². The molecule has 1 aliphatic rings. The van der Waals surface area contributed by atoms with Gasteiger partial charge in [0.1, 0.15) is 17.3 Å². The maximum atomic E-state index is 12.9. The minimum absolute atomic E-state index is 0.419. The van der Waals surface area contributed by atoms with Crippen molar-refractivity contribution in [3.63, 3.8) is 0 Å². The summed E-state index contributed by atoms with van der Waals surface area (Å²) in [5, 5.41) is 11.4. The van der Waals surface area contributed by atoms with E-state index < -0.39 is 29.4 Å². The number of carbonyl (C=O) groups is 2. The van der Waals surface area contributed by atoms with Gasteiger partial charge in [0.25, 0.3) is 0 Å². The number of esters is 2. The predicted molar refractivity (Wildman–Crippen MR) is 110 cm³/mol. The van der Waals surface area contributed by atoms with Crippen LogP contribution in [0.5, 0.6) is 0 Å². The molecule has 0 unspecified atom stereocenters. The third kappa shape index (κ3) is 4.08. The van der Waals surface area contributed by atoms with Gasteiger partial charge in [0.15, 0.2) is 0 Å². The Morgan fingerprint density at radius 2 is 1.72 bits per heavy atom. The number of carbonyl (C=O) groups excluding carboxylic acids is 2. The van der Waals surface area contributed by atoms with Crippen molar-refractivity contribution in [1.82, 2.24) is 0 Å². The molecular formula is C23H30O6. The number of methoxy groups -OCH3 is 3. The summed E-state index contributed by atoms with van der Waals surface area (Å²) in [6.07, 6.45) is 2.38. The molecule has 2 rings (SSSR count). The summed E-state index contributed by atoms with van der Waals surface area (Å²) in [7, 11) is 4.02. The van der Waals surface area contributed by atoms with E-state index >= 15 is 0 Å². The SMILES string of the molecule is C=C(OC)/C(CCCC)=C1\c2ccccc2[C@](C)(O)[C@@H](C(=O)OC)[C@@H]1C(=O)OC. The van der Waals surface area contributed by atoms with Gasteiger partial charge < -0.3 is 19.3 Å². The summed E-state index contributed by atoms with van der Waals surface area (Å²) in [5.74, 6) is -3.12. The van der Waals surface area contributed by atoms with Gasteiger partial charge in [-0.25, -0.2) is 0 Å². The molecule has 0 radical (unpaired) electrons. The Hall–Kier alpha value is -2.60. The van der Waals surface area contributed by atoms with Crippen LogP contribution < -0.4 is 0 Å². The van der Waals surface area contributed by atoms with Crippen LogP contribution >= 0.6 is 0 Å². The van der Waals surface area contributed by atoms with Gasteiger partial charge in [-0.3, -0.25) is 9.59 Å². The van der Waals surface area contributed by atoms with E-state index in [0.717, 1.165) is 18.4 Å². The van der Waals surface area contributed by atoms with Crippen LogP contribution in [0.4, 0.5) is 0 Å². The average molecular weight is 402 g/mol. The summed E-state index contributed by atoms with van der Waals surface area (Å²) >= 11 is 0. The second-order valence-corrected chi connectivity index (χ2v) is 7.32. The molecule has 0 saturated heterocycles. The fraction of sp³-hybridized carbons (Fsp3) is 0.478. The molecule has 1 aromatic rings. The third-order valence-electron chi connectivity index (χ3n) is 5.61. The zero-order chi connectivity index (χ0) is 21.8. The van der Waals surface area contributed by atoms with Crippen LogP contribution in [0, 0.1) is 11.8 Å². The van der Waals surface area contributed by atoms with Gasteiger partial charge in [-0.1, -0.05) is 44.2 Å². The summed E-state index contributed by atoms with van der Waals surface area (Å²) in [4.78, 5) is 25.7. The quantitative estimate of drug-likeness (QED) is 0.554. The summed E-state index contributed by atoms with van der Waals surface area (Å²) in [6, 6.07) is 7.20. The van der Waals surface area contributed by atoms with Gasteiger partial charge in [0, 0.05) is 0 Å². The number of rotatable bonds is 7. The van der Waals surface area contributed by atoms with Crippen molar-refractivity contribution < 1.29 is 28.9 Å². The van der Waals surface area contributed by atoms with Crippen molar-refractivity contribution in [2.45, 2.75) is 38.7 Å². The van der Waals surface area contributed by atoms with Crippen LogP contribution in [0.3, 0.4) is 0 Å². The first-order valence-electron chi connectivity index (χ1n) is 9.70. The standard InChI is InChI=1S/C23H30O6/c1-7-8-11-15(14(2)27-4)18-16-12-9-10-13-17(16)23(3,26)20(22(25)29-6)19(18)21(24)28-5/h9-10,12-13,19-20,26H,2,7-8,11H2,1,3-6H3/b18-15+/t19-,20-,23+/m1/s1. The van der Waals surface area contributed by atoms with Crippen molar-refractivity contribution in [2.24, 2.45) is 11.8 Å². The molecule has 0 saturated carbocycles. The van der Waals surface area contributed by atoms with Crippen molar-refractivity contribution >= 4 is 17.5 Å². The van der Waals surface area contributed by atoms with E-state index in [4.69, 9.17) is 14.2 Å². The second-order valence-electron chi connectivity index (χ2n) is 7.32. The molecule has 0 bridgehead atoms. The number of allylic oxidation sites excluding steroid dienone is 1. The van der Waals surface area contributed by atoms with Crippen LogP contribution in [0.2, 0.25) is 0 Å². The molecule has 158 valence electrons. The highest BCUT2D eigenvalue weighted by molar-refractivity contribution is 5.98. The summed E-state index contributed by atoms with van der Waals surface area (Å²) < 4.78 is 15.5. The first-order chi connectivity index (χ1) is 13.8. The van der Waals surface area contributed by atoms with Gasteiger partial charge in [-0.2, -0.15) is 0 Å². The fourth-order valence-electron chi connectivity index (χ4n) is 4.11. The first kappa shape index (κ1) is 22.7. The van der Waals surface area contributed by atoms with E-state index in [-0.39, 0.29) is 0 Å². The Bertz CT molecular complexity index is 820. The molecule has 0 fully saturated rings. The minimum atomic E-state index is -1.63. The van der Waals surface area contributed by atoms with E-state index in [1.165, 1.54) is 28.3 Å². The number of ether oxygens (including phenoxy) is 3. The van der Waals surface area contributed by atoms with Gasteiger partial charge >= 0.3 is 11.9 Å². The molecule has 29 heavy (non-hydrogen) atoms. The van der Waals surface area contributed by atoms with Crippen LogP contribution in [-0.2, 0) is 29.4 Å². The van der Waals surface area contributed by atoms with Gasteiger partial charge in [-0.05, 0) is 42.0 Å². The summed E-state index contributed by atoms with van der Waals surface area (Å²) in [6.45, 7) is 7.60. The lowest BCUT2D eigenvalue weighted by Gasteiger charge is -2.43. The lowest BCUT2D eigenvalue weighted by atomic mass is 9.63. The van der Waals surface area contributed by atoms with Crippen molar-refractivity contribution in [3.8, 4) is 0 Å². The first-order valence-corrected chi connectivity index (χ1v) is 9.70. The van der Waals surface area contributed by atoms with Gasteiger partial charge in [0.05, 0.1) is 27.2 Å². The lowest BCUT2D eigenvalue weighted by Crippen LogP contribution is -2.49. The maximum absolute atomic E-state index is 12.9. The van der Waals surface area contributed by atoms with Crippen molar-refractivity contribution in [1.29, 1.82) is 0 Å². The highest BCUT2D eigenvalue weighted by Crippen LogP contribution is 2.51. The smallest absolute Gasteiger partial charge is 0.314 e. The monoisotopic (exact) mass is 402 g/mol. The lowest BCUT2D eigenvalue weighted by molar-refractivity contribution is -0.167. The minimum Gasteiger partial charge on any atom is -0.497 e. The van der Waals surface area contributed by atoms with Crippen LogP contribution in [0.1, 0.15) is 44.2 Å². The summed E-state index contributed by atoms with van der Waals surface area (Å²) in [5.41, 5.74) is 0.924. The molecule has 1 aromatic carbocycles. The molecule has 6 heteroatoms. The van der Waals surface area contributed by atoms with E-state index in [9.17, 15) is 14.7 Å². The molecular weight excluding hydrogens is 372 g/mol. The predicted octanol–water partition coefficient (Wildman–Crippen LogP) is 3.59. The van der Waals surface area contributed by atoms with Crippen molar-refractivity contribution in [3.05, 3.63) is 53.3 Å². The number of unbranched alkanes of at least 4 members (excludes halogenated alkanes) is 1. The Morgan fingerprint density at radius 3 is 2.28 bits per heavy atom. The van der Waals surface area contributed by atoms with E-state index in [1.54, 1.807) is 12.1 Å². The number of hydrogen-bond donors (Lipinski definition) is 1. The van der Waals surface area contributed by atoms with Gasteiger partial charge in [-0.15, -0.1) is 0 Å². The van der Waals surface area contributed by atoms with E-state index in [1.807, 2.05) is 12.1 Å². The highest BCUT2D eigenvalue weighted by Gasteiger charge is 2.55. The zero-order valence-corrected chi connectivity index (χ0v) is 17.8. The Morgan fingerprint density at radius 1 is 1.10 bits per heavy atom. The van der Waals surface area contributed by atoms with E-state index in [0.29, 0.717) is 28.9 Å². The van der Waals surface area contributed by atoms with Crippen molar-refractivity contribution in [2.75, 3.05) is 21.3 Å². The Balaban J connectivity index is 2.95. The van der Waals surface area contributed by atoms with E-state index in [2.05, 4.69) is 13.5 Å². The molecule has 0 heterocycles. The molecule has 0 amide bonds. The zero-order valence-electron chi connectivity index (χ0n) is 17.8.